The highest BCUT2D eigenvalue weighted by Gasteiger charge is 2.31. The van der Waals surface area contributed by atoms with Gasteiger partial charge in [-0.3, -0.25) is 9.10 Å². The lowest BCUT2D eigenvalue weighted by Crippen LogP contribution is -2.49. The van der Waals surface area contributed by atoms with Gasteiger partial charge < -0.3 is 14.8 Å². The molecule has 0 bridgehead atoms. The first kappa shape index (κ1) is 22.8. The van der Waals surface area contributed by atoms with Crippen LogP contribution in [0.2, 0.25) is 5.02 Å². The zero-order valence-electron chi connectivity index (χ0n) is 16.8. The first-order chi connectivity index (χ1) is 13.7. The number of ether oxygens (including phenoxy) is 2. The molecule has 1 N–H and O–H groups in total. The van der Waals surface area contributed by atoms with E-state index in [9.17, 15) is 13.2 Å². The topological polar surface area (TPSA) is 84.9 Å². The number of hydrogen-bond donors (Lipinski definition) is 1. The monoisotopic (exact) mass is 440 g/mol. The number of nitrogens with zero attached hydrogens (tertiary/aromatic N) is 1. The van der Waals surface area contributed by atoms with Crippen LogP contribution in [0.15, 0.2) is 42.5 Å². The molecule has 0 heterocycles. The molecule has 9 heteroatoms. The molecule has 0 spiro atoms. The molecule has 2 aromatic rings. The van der Waals surface area contributed by atoms with E-state index in [0.29, 0.717) is 11.5 Å². The van der Waals surface area contributed by atoms with Gasteiger partial charge in [-0.2, -0.15) is 0 Å². The Morgan fingerprint density at radius 1 is 1.14 bits per heavy atom. The number of anilines is 1. The second kappa shape index (κ2) is 9.84. The summed E-state index contributed by atoms with van der Waals surface area (Å²) in [6.45, 7) is 1.96. The largest absolute Gasteiger partial charge is 0.496 e. The molecule has 0 unspecified atom stereocenters. The molecule has 158 valence electrons. The minimum absolute atomic E-state index is 0.209. The van der Waals surface area contributed by atoms with Crippen LogP contribution in [0.3, 0.4) is 0 Å². The molecular weight excluding hydrogens is 416 g/mol. The number of benzene rings is 2. The lowest BCUT2D eigenvalue weighted by molar-refractivity contribution is -0.122. The average molecular weight is 441 g/mol. The van der Waals surface area contributed by atoms with Gasteiger partial charge in [-0.1, -0.05) is 36.7 Å². The van der Waals surface area contributed by atoms with Crippen LogP contribution in [0, 0.1) is 0 Å². The number of carbonyl (C=O) groups is 1. The third-order valence-corrected chi connectivity index (χ3v) is 5.84. The van der Waals surface area contributed by atoms with Crippen molar-refractivity contribution in [2.75, 3.05) is 24.8 Å². The summed E-state index contributed by atoms with van der Waals surface area (Å²) >= 11 is 6.16. The Labute approximate surface area is 176 Å². The molecule has 1 atom stereocenters. The number of nitrogens with one attached hydrogen (secondary N) is 1. The Kier molecular flexibility index (Phi) is 7.75. The van der Waals surface area contributed by atoms with Gasteiger partial charge in [0.1, 0.15) is 17.5 Å². The van der Waals surface area contributed by atoms with E-state index in [1.165, 1.54) is 13.2 Å². The van der Waals surface area contributed by atoms with Gasteiger partial charge in [0.15, 0.2) is 0 Å². The molecule has 2 aromatic carbocycles. The predicted octanol–water partition coefficient (Wildman–Crippen LogP) is 3.22. The maximum absolute atomic E-state index is 12.9. The number of hydrogen-bond acceptors (Lipinski definition) is 5. The molecule has 0 saturated carbocycles. The number of carbonyl (C=O) groups excluding carboxylic acids is 1. The number of amides is 1. The Balaban J connectivity index is 2.31. The highest BCUT2D eigenvalue weighted by molar-refractivity contribution is 7.92. The van der Waals surface area contributed by atoms with Crippen LogP contribution in [-0.4, -0.2) is 40.8 Å². The van der Waals surface area contributed by atoms with E-state index in [-0.39, 0.29) is 23.7 Å². The van der Waals surface area contributed by atoms with Crippen molar-refractivity contribution in [3.63, 3.8) is 0 Å². The van der Waals surface area contributed by atoms with E-state index < -0.39 is 22.0 Å². The minimum atomic E-state index is -3.76. The van der Waals surface area contributed by atoms with E-state index in [1.54, 1.807) is 32.2 Å². The molecule has 0 aliphatic rings. The maximum atomic E-state index is 12.9. The summed E-state index contributed by atoms with van der Waals surface area (Å²) in [6, 6.07) is 10.9. The van der Waals surface area contributed by atoms with E-state index in [4.69, 9.17) is 21.1 Å². The highest BCUT2D eigenvalue weighted by atomic mass is 35.5. The Morgan fingerprint density at radius 3 is 2.34 bits per heavy atom. The molecule has 7 nitrogen and oxygen atoms in total. The van der Waals surface area contributed by atoms with Crippen molar-refractivity contribution in [1.82, 2.24) is 5.32 Å². The van der Waals surface area contributed by atoms with E-state index in [2.05, 4.69) is 5.32 Å². The molecule has 0 saturated heterocycles. The second-order valence-electron chi connectivity index (χ2n) is 6.33. The van der Waals surface area contributed by atoms with Gasteiger partial charge in [0.25, 0.3) is 0 Å². The van der Waals surface area contributed by atoms with Crippen LogP contribution in [0.1, 0.15) is 18.9 Å². The van der Waals surface area contributed by atoms with Gasteiger partial charge in [0, 0.05) is 12.1 Å². The van der Waals surface area contributed by atoms with Crippen molar-refractivity contribution < 1.29 is 22.7 Å². The van der Waals surface area contributed by atoms with Crippen LogP contribution in [0.4, 0.5) is 5.69 Å². The standard InChI is InChI=1S/C20H25ClN2O5S/c1-5-17(20(24)22-13-14-8-6-7-9-18(14)27-2)23(29(4,25)26)15-10-11-19(28-3)16(21)12-15/h6-12,17H,5,13H2,1-4H3,(H,22,24)/t17-/m0/s1. The van der Waals surface area contributed by atoms with E-state index >= 15 is 0 Å². The van der Waals surface area contributed by atoms with Crippen molar-refractivity contribution in [1.29, 1.82) is 0 Å². The molecule has 0 fully saturated rings. The molecule has 1 amide bonds. The van der Waals surface area contributed by atoms with Gasteiger partial charge in [-0.05, 0) is 30.7 Å². The van der Waals surface area contributed by atoms with Crippen LogP contribution in [-0.2, 0) is 21.4 Å². The summed E-state index contributed by atoms with van der Waals surface area (Å²) in [6.07, 6.45) is 1.33. The van der Waals surface area contributed by atoms with Crippen molar-refractivity contribution in [3.05, 3.63) is 53.1 Å². The van der Waals surface area contributed by atoms with Gasteiger partial charge in [-0.15, -0.1) is 0 Å². The molecular formula is C20H25ClN2O5S. The Hall–Kier alpha value is -2.45. The average Bonchev–Trinajstić information content (AvgIpc) is 2.69. The summed E-state index contributed by atoms with van der Waals surface area (Å²) in [5, 5.41) is 3.05. The predicted molar refractivity (Wildman–Crippen MR) is 114 cm³/mol. The Bertz CT molecular complexity index is 965. The van der Waals surface area contributed by atoms with Crippen molar-refractivity contribution in [2.24, 2.45) is 0 Å². The van der Waals surface area contributed by atoms with E-state index in [0.717, 1.165) is 16.1 Å². The molecule has 0 radical (unpaired) electrons. The van der Waals surface area contributed by atoms with Crippen LogP contribution >= 0.6 is 11.6 Å². The fraction of sp³-hybridized carbons (Fsp3) is 0.350. The zero-order chi connectivity index (χ0) is 21.6. The zero-order valence-corrected chi connectivity index (χ0v) is 18.4. The van der Waals surface area contributed by atoms with Crippen molar-refractivity contribution in [2.45, 2.75) is 25.9 Å². The molecule has 0 aromatic heterocycles. The van der Waals surface area contributed by atoms with Gasteiger partial charge in [0.05, 0.1) is 31.2 Å². The van der Waals surface area contributed by atoms with E-state index in [1.807, 2.05) is 18.2 Å². The number of para-hydroxylation sites is 1. The fourth-order valence-corrected chi connectivity index (χ4v) is 4.46. The lowest BCUT2D eigenvalue weighted by atomic mass is 10.1. The highest BCUT2D eigenvalue weighted by Crippen LogP contribution is 2.31. The summed E-state index contributed by atoms with van der Waals surface area (Å²) in [5.74, 6) is 0.635. The SMILES string of the molecule is CC[C@@H](C(=O)NCc1ccccc1OC)N(c1ccc(OC)c(Cl)c1)S(C)(=O)=O. The van der Waals surface area contributed by atoms with Gasteiger partial charge in [-0.25, -0.2) is 8.42 Å². The number of sulfonamides is 1. The van der Waals surface area contributed by atoms with Crippen LogP contribution in [0.5, 0.6) is 11.5 Å². The molecule has 0 aliphatic heterocycles. The third-order valence-electron chi connectivity index (χ3n) is 4.37. The van der Waals surface area contributed by atoms with Gasteiger partial charge in [0.2, 0.25) is 15.9 Å². The molecule has 2 rings (SSSR count). The summed E-state index contributed by atoms with van der Waals surface area (Å²) in [7, 11) is -0.741. The third kappa shape index (κ3) is 5.55. The van der Waals surface area contributed by atoms with Crippen molar-refractivity contribution in [3.8, 4) is 11.5 Å². The number of halogens is 1. The first-order valence-corrected chi connectivity index (χ1v) is 11.2. The smallest absolute Gasteiger partial charge is 0.244 e. The summed E-state index contributed by atoms with van der Waals surface area (Å²) in [5.41, 5.74) is 1.08. The van der Waals surface area contributed by atoms with Crippen LogP contribution in [0.25, 0.3) is 0 Å². The normalized spacial score (nSPS) is 12.2. The van der Waals surface area contributed by atoms with Crippen molar-refractivity contribution >= 4 is 33.2 Å². The second-order valence-corrected chi connectivity index (χ2v) is 8.60. The minimum Gasteiger partial charge on any atom is -0.496 e. The quantitative estimate of drug-likeness (QED) is 0.647. The first-order valence-electron chi connectivity index (χ1n) is 8.95. The number of rotatable bonds is 9. The number of methoxy groups -OCH3 is 2. The summed E-state index contributed by atoms with van der Waals surface area (Å²) in [4.78, 5) is 12.9. The Morgan fingerprint density at radius 2 is 1.79 bits per heavy atom. The molecule has 0 aliphatic carbocycles. The lowest BCUT2D eigenvalue weighted by Gasteiger charge is -2.30. The maximum Gasteiger partial charge on any atom is 0.244 e. The summed E-state index contributed by atoms with van der Waals surface area (Å²) < 4.78 is 36.5. The van der Waals surface area contributed by atoms with Gasteiger partial charge >= 0.3 is 0 Å². The van der Waals surface area contributed by atoms with Crippen LogP contribution < -0.4 is 19.1 Å². The molecule has 29 heavy (non-hydrogen) atoms. The fourth-order valence-electron chi connectivity index (χ4n) is 3.00.